The first-order chi connectivity index (χ1) is 9.69. The Morgan fingerprint density at radius 1 is 1.20 bits per heavy atom. The van der Waals surface area contributed by atoms with Crippen LogP contribution in [0.1, 0.15) is 23.6 Å². The lowest BCUT2D eigenvalue weighted by atomic mass is 10.1. The van der Waals surface area contributed by atoms with Crippen molar-refractivity contribution in [2.24, 2.45) is 0 Å². The highest BCUT2D eigenvalue weighted by molar-refractivity contribution is 5.27. The maximum absolute atomic E-state index is 5.17. The quantitative estimate of drug-likeness (QED) is 0.875. The van der Waals surface area contributed by atoms with Gasteiger partial charge in [0, 0.05) is 25.0 Å². The van der Waals surface area contributed by atoms with Crippen LogP contribution in [0.4, 0.5) is 0 Å². The molecule has 3 heteroatoms. The molecule has 1 atom stereocenters. The van der Waals surface area contributed by atoms with Gasteiger partial charge in [0.25, 0.3) is 0 Å². The zero-order chi connectivity index (χ0) is 14.4. The molecule has 1 aromatic carbocycles. The van der Waals surface area contributed by atoms with Crippen LogP contribution < -0.4 is 10.1 Å². The van der Waals surface area contributed by atoms with Gasteiger partial charge >= 0.3 is 0 Å². The fourth-order valence-electron chi connectivity index (χ4n) is 2.17. The highest BCUT2D eigenvalue weighted by Crippen LogP contribution is 2.13. The van der Waals surface area contributed by atoms with Crippen molar-refractivity contribution in [2.75, 3.05) is 7.11 Å². The minimum Gasteiger partial charge on any atom is -0.497 e. The molecule has 0 aliphatic heterocycles. The summed E-state index contributed by atoms with van der Waals surface area (Å²) in [6, 6.07) is 10.8. The van der Waals surface area contributed by atoms with Crippen LogP contribution >= 0.6 is 0 Å². The number of pyridine rings is 1. The van der Waals surface area contributed by atoms with Crippen LogP contribution in [0.3, 0.4) is 0 Å². The average molecular weight is 270 g/mol. The lowest BCUT2D eigenvalue weighted by Crippen LogP contribution is -2.27. The third-order valence-electron chi connectivity index (χ3n) is 3.48. The molecule has 0 saturated carbocycles. The molecule has 1 N–H and O–H groups in total. The smallest absolute Gasteiger partial charge is 0.118 e. The van der Waals surface area contributed by atoms with E-state index < -0.39 is 0 Å². The van der Waals surface area contributed by atoms with Crippen molar-refractivity contribution in [3.8, 4) is 5.75 Å². The van der Waals surface area contributed by atoms with Gasteiger partial charge in [0.05, 0.1) is 7.11 Å². The van der Waals surface area contributed by atoms with Gasteiger partial charge in [0.2, 0.25) is 0 Å². The highest BCUT2D eigenvalue weighted by atomic mass is 16.5. The molecule has 20 heavy (non-hydrogen) atoms. The number of methoxy groups -OCH3 is 1. The number of nitrogens with one attached hydrogen (secondary N) is 1. The van der Waals surface area contributed by atoms with Gasteiger partial charge in [-0.2, -0.15) is 0 Å². The summed E-state index contributed by atoms with van der Waals surface area (Å²) >= 11 is 0. The summed E-state index contributed by atoms with van der Waals surface area (Å²) < 4.78 is 5.17. The maximum atomic E-state index is 5.17. The van der Waals surface area contributed by atoms with Crippen molar-refractivity contribution in [2.45, 2.75) is 32.9 Å². The summed E-state index contributed by atoms with van der Waals surface area (Å²) in [6.45, 7) is 5.19. The highest BCUT2D eigenvalue weighted by Gasteiger charge is 2.05. The molecule has 0 aliphatic carbocycles. The molecule has 2 aromatic rings. The van der Waals surface area contributed by atoms with Crippen LogP contribution in [0.2, 0.25) is 0 Å². The Kier molecular flexibility index (Phi) is 5.13. The molecule has 0 saturated heterocycles. The van der Waals surface area contributed by atoms with Gasteiger partial charge in [-0.1, -0.05) is 12.1 Å². The molecule has 0 bridgehead atoms. The number of hydrogen-bond acceptors (Lipinski definition) is 3. The summed E-state index contributed by atoms with van der Waals surface area (Å²) in [4.78, 5) is 4.12. The molecular weight excluding hydrogens is 248 g/mol. The fourth-order valence-corrected chi connectivity index (χ4v) is 2.17. The molecule has 2 rings (SSSR count). The summed E-state index contributed by atoms with van der Waals surface area (Å²) in [5.74, 6) is 0.904. The van der Waals surface area contributed by atoms with Crippen molar-refractivity contribution >= 4 is 0 Å². The van der Waals surface area contributed by atoms with E-state index in [2.05, 4.69) is 42.3 Å². The molecule has 1 unspecified atom stereocenters. The molecule has 0 spiro atoms. The van der Waals surface area contributed by atoms with Gasteiger partial charge < -0.3 is 10.1 Å². The zero-order valence-corrected chi connectivity index (χ0v) is 12.4. The normalized spacial score (nSPS) is 12.2. The van der Waals surface area contributed by atoms with E-state index in [1.807, 2.05) is 24.5 Å². The minimum absolute atomic E-state index is 0.427. The molecule has 3 nitrogen and oxygen atoms in total. The van der Waals surface area contributed by atoms with Crippen LogP contribution in [0.15, 0.2) is 42.7 Å². The average Bonchev–Trinajstić information content (AvgIpc) is 2.47. The Morgan fingerprint density at radius 3 is 2.60 bits per heavy atom. The van der Waals surface area contributed by atoms with E-state index in [1.54, 1.807) is 7.11 Å². The topological polar surface area (TPSA) is 34.1 Å². The van der Waals surface area contributed by atoms with Gasteiger partial charge in [0.1, 0.15) is 5.75 Å². The fraction of sp³-hybridized carbons (Fsp3) is 0.353. The minimum atomic E-state index is 0.427. The second kappa shape index (κ2) is 7.06. The van der Waals surface area contributed by atoms with Crippen LogP contribution in [0.25, 0.3) is 0 Å². The van der Waals surface area contributed by atoms with E-state index in [1.165, 1.54) is 16.7 Å². The maximum Gasteiger partial charge on any atom is 0.118 e. The first-order valence-corrected chi connectivity index (χ1v) is 6.95. The zero-order valence-electron chi connectivity index (χ0n) is 12.4. The van der Waals surface area contributed by atoms with E-state index in [4.69, 9.17) is 4.74 Å². The summed E-state index contributed by atoms with van der Waals surface area (Å²) in [5, 5.41) is 3.56. The summed E-state index contributed by atoms with van der Waals surface area (Å²) in [7, 11) is 1.69. The molecule has 0 fully saturated rings. The van der Waals surface area contributed by atoms with Gasteiger partial charge in [-0.25, -0.2) is 0 Å². The third-order valence-corrected chi connectivity index (χ3v) is 3.48. The molecule has 0 aliphatic rings. The number of ether oxygens (including phenoxy) is 1. The second-order valence-electron chi connectivity index (χ2n) is 5.14. The van der Waals surface area contributed by atoms with E-state index in [0.717, 1.165) is 18.7 Å². The van der Waals surface area contributed by atoms with Crippen LogP contribution in [-0.4, -0.2) is 18.1 Å². The predicted molar refractivity (Wildman–Crippen MR) is 82.0 cm³/mol. The Labute approximate surface area is 121 Å². The Balaban J connectivity index is 1.86. The van der Waals surface area contributed by atoms with Crippen molar-refractivity contribution in [1.82, 2.24) is 10.3 Å². The number of rotatable bonds is 6. The Bertz CT molecular complexity index is 537. The van der Waals surface area contributed by atoms with Gasteiger partial charge in [-0.3, -0.25) is 4.98 Å². The van der Waals surface area contributed by atoms with Crippen LogP contribution in [0.5, 0.6) is 5.75 Å². The predicted octanol–water partition coefficient (Wildman–Crippen LogP) is 3.12. The first kappa shape index (κ1) is 14.5. The molecule has 106 valence electrons. The molecule has 0 amide bonds. The number of aromatic nitrogens is 1. The van der Waals surface area contributed by atoms with E-state index >= 15 is 0 Å². The van der Waals surface area contributed by atoms with E-state index in [0.29, 0.717) is 6.04 Å². The number of hydrogen-bond donors (Lipinski definition) is 1. The Hall–Kier alpha value is -1.87. The number of aryl methyl sites for hydroxylation is 1. The van der Waals surface area contributed by atoms with Crippen molar-refractivity contribution in [3.63, 3.8) is 0 Å². The van der Waals surface area contributed by atoms with Gasteiger partial charge in [0.15, 0.2) is 0 Å². The van der Waals surface area contributed by atoms with Crippen molar-refractivity contribution < 1.29 is 4.74 Å². The second-order valence-corrected chi connectivity index (χ2v) is 5.14. The van der Waals surface area contributed by atoms with Crippen LogP contribution in [0, 0.1) is 6.92 Å². The van der Waals surface area contributed by atoms with Crippen molar-refractivity contribution in [3.05, 3.63) is 59.4 Å². The van der Waals surface area contributed by atoms with E-state index in [-0.39, 0.29) is 0 Å². The molecular formula is C17H22N2O. The molecule has 1 heterocycles. The van der Waals surface area contributed by atoms with E-state index in [9.17, 15) is 0 Å². The summed E-state index contributed by atoms with van der Waals surface area (Å²) in [6.07, 6.45) is 4.76. The third kappa shape index (κ3) is 4.07. The number of benzene rings is 1. The lowest BCUT2D eigenvalue weighted by molar-refractivity contribution is 0.414. The largest absolute Gasteiger partial charge is 0.497 e. The number of nitrogens with zero attached hydrogens (tertiary/aromatic N) is 1. The van der Waals surface area contributed by atoms with Crippen molar-refractivity contribution in [1.29, 1.82) is 0 Å². The van der Waals surface area contributed by atoms with Crippen LogP contribution in [-0.2, 0) is 13.0 Å². The standard InChI is InChI=1S/C17H22N2O/c1-13-11-18-9-8-16(13)12-19-14(2)10-15-4-6-17(20-3)7-5-15/h4-9,11,14,19H,10,12H2,1-3H3. The van der Waals surface area contributed by atoms with Gasteiger partial charge in [-0.05, 0) is 55.2 Å². The molecule has 0 radical (unpaired) electrons. The molecule has 1 aromatic heterocycles. The summed E-state index contributed by atoms with van der Waals surface area (Å²) in [5.41, 5.74) is 3.86. The van der Waals surface area contributed by atoms with Gasteiger partial charge in [-0.15, -0.1) is 0 Å². The lowest BCUT2D eigenvalue weighted by Gasteiger charge is -2.15. The SMILES string of the molecule is COc1ccc(CC(C)NCc2ccncc2C)cc1. The Morgan fingerprint density at radius 2 is 1.95 bits per heavy atom. The monoisotopic (exact) mass is 270 g/mol. The first-order valence-electron chi connectivity index (χ1n) is 6.95.